The lowest BCUT2D eigenvalue weighted by Gasteiger charge is -2.02. The molecule has 0 saturated heterocycles. The van der Waals surface area contributed by atoms with Gasteiger partial charge in [-0.15, -0.1) is 0 Å². The summed E-state index contributed by atoms with van der Waals surface area (Å²) < 4.78 is 24.3. The molecule has 0 radical (unpaired) electrons. The molecule has 1 rings (SSSR count). The van der Waals surface area contributed by atoms with Crippen LogP contribution in [0.2, 0.25) is 0 Å². The molecule has 0 fully saturated rings. The van der Waals surface area contributed by atoms with Crippen molar-refractivity contribution in [3.63, 3.8) is 0 Å². The van der Waals surface area contributed by atoms with Gasteiger partial charge in [-0.05, 0) is 11.6 Å². The fourth-order valence-corrected chi connectivity index (χ4v) is 1.92. The maximum atomic E-state index is 11.2. The SMILES string of the molecule is CCS(=O)(=O)CCn1ccc(CN)c1. The molecule has 0 saturated carbocycles. The van der Waals surface area contributed by atoms with Crippen molar-refractivity contribution in [1.29, 1.82) is 0 Å². The minimum atomic E-state index is -2.87. The van der Waals surface area contributed by atoms with E-state index in [1.54, 1.807) is 6.92 Å². The van der Waals surface area contributed by atoms with Crippen LogP contribution in [-0.4, -0.2) is 24.5 Å². The number of nitrogens with zero attached hydrogens (tertiary/aromatic N) is 1. The van der Waals surface area contributed by atoms with Gasteiger partial charge in [0.25, 0.3) is 0 Å². The van der Waals surface area contributed by atoms with E-state index >= 15 is 0 Å². The van der Waals surface area contributed by atoms with Crippen molar-refractivity contribution in [2.45, 2.75) is 20.0 Å². The molecule has 4 nitrogen and oxygen atoms in total. The summed E-state index contributed by atoms with van der Waals surface area (Å²) in [6, 6.07) is 1.90. The highest BCUT2D eigenvalue weighted by Gasteiger charge is 2.06. The monoisotopic (exact) mass is 216 g/mol. The lowest BCUT2D eigenvalue weighted by molar-refractivity contribution is 0.590. The number of hydrogen-bond acceptors (Lipinski definition) is 3. The average molecular weight is 216 g/mol. The largest absolute Gasteiger partial charge is 0.353 e. The highest BCUT2D eigenvalue weighted by molar-refractivity contribution is 7.91. The summed E-state index contributed by atoms with van der Waals surface area (Å²) in [6.45, 7) is 2.67. The molecule has 0 aliphatic heterocycles. The molecular formula is C9H16N2O2S. The number of hydrogen-bond donors (Lipinski definition) is 1. The van der Waals surface area contributed by atoms with E-state index in [4.69, 9.17) is 5.73 Å². The van der Waals surface area contributed by atoms with E-state index < -0.39 is 9.84 Å². The number of nitrogens with two attached hydrogens (primary N) is 1. The van der Waals surface area contributed by atoms with Gasteiger partial charge in [0.1, 0.15) is 0 Å². The van der Waals surface area contributed by atoms with Crippen LogP contribution in [0.25, 0.3) is 0 Å². The van der Waals surface area contributed by atoms with Gasteiger partial charge in [-0.2, -0.15) is 0 Å². The molecule has 0 spiro atoms. The third-order valence-electron chi connectivity index (χ3n) is 2.15. The first kappa shape index (κ1) is 11.3. The van der Waals surface area contributed by atoms with Gasteiger partial charge in [0, 0.05) is 31.2 Å². The fourth-order valence-electron chi connectivity index (χ4n) is 1.14. The predicted molar refractivity (Wildman–Crippen MR) is 56.7 cm³/mol. The molecule has 0 unspecified atom stereocenters. The summed E-state index contributed by atoms with van der Waals surface area (Å²) in [6.07, 6.45) is 3.73. The first-order valence-electron chi connectivity index (χ1n) is 4.62. The van der Waals surface area contributed by atoms with Crippen LogP contribution in [0.4, 0.5) is 0 Å². The summed E-state index contributed by atoms with van der Waals surface area (Å²) in [5.41, 5.74) is 6.47. The molecule has 0 aromatic carbocycles. The van der Waals surface area contributed by atoms with Crippen LogP contribution in [0.5, 0.6) is 0 Å². The molecule has 2 N–H and O–H groups in total. The molecule has 0 amide bonds. The topological polar surface area (TPSA) is 65.1 Å². The Labute approximate surface area is 84.6 Å². The summed E-state index contributed by atoms with van der Waals surface area (Å²) in [7, 11) is -2.87. The van der Waals surface area contributed by atoms with Gasteiger partial charge in [0.15, 0.2) is 9.84 Å². The Hall–Kier alpha value is -0.810. The van der Waals surface area contributed by atoms with Crippen LogP contribution < -0.4 is 5.73 Å². The Morgan fingerprint density at radius 1 is 1.50 bits per heavy atom. The van der Waals surface area contributed by atoms with E-state index in [0.29, 0.717) is 13.1 Å². The van der Waals surface area contributed by atoms with E-state index in [0.717, 1.165) is 5.56 Å². The Kier molecular flexibility index (Phi) is 3.71. The van der Waals surface area contributed by atoms with Crippen molar-refractivity contribution in [3.8, 4) is 0 Å². The van der Waals surface area contributed by atoms with Crippen LogP contribution in [0, 0.1) is 0 Å². The minimum Gasteiger partial charge on any atom is -0.353 e. The number of aromatic nitrogens is 1. The van der Waals surface area contributed by atoms with E-state index in [1.807, 2.05) is 23.0 Å². The number of sulfone groups is 1. The third kappa shape index (κ3) is 3.16. The lowest BCUT2D eigenvalue weighted by Crippen LogP contribution is -2.13. The van der Waals surface area contributed by atoms with Crippen molar-refractivity contribution >= 4 is 9.84 Å². The van der Waals surface area contributed by atoms with Gasteiger partial charge in [-0.1, -0.05) is 6.92 Å². The van der Waals surface area contributed by atoms with E-state index in [2.05, 4.69) is 0 Å². The summed E-state index contributed by atoms with van der Waals surface area (Å²) >= 11 is 0. The molecule has 0 aliphatic rings. The number of rotatable bonds is 5. The molecule has 80 valence electrons. The molecule has 1 heterocycles. The van der Waals surface area contributed by atoms with E-state index in [1.165, 1.54) is 0 Å². The van der Waals surface area contributed by atoms with Crippen LogP contribution in [0.15, 0.2) is 18.5 Å². The first-order chi connectivity index (χ1) is 6.57. The van der Waals surface area contributed by atoms with Gasteiger partial charge in [-0.25, -0.2) is 8.42 Å². The third-order valence-corrected chi connectivity index (χ3v) is 3.83. The Morgan fingerprint density at radius 3 is 2.71 bits per heavy atom. The molecule has 1 aromatic heterocycles. The van der Waals surface area contributed by atoms with Crippen molar-refractivity contribution in [2.75, 3.05) is 11.5 Å². The predicted octanol–water partition coefficient (Wildman–Crippen LogP) is 0.381. The van der Waals surface area contributed by atoms with E-state index in [-0.39, 0.29) is 11.5 Å². The minimum absolute atomic E-state index is 0.197. The molecule has 5 heteroatoms. The van der Waals surface area contributed by atoms with E-state index in [9.17, 15) is 8.42 Å². The van der Waals surface area contributed by atoms with Gasteiger partial charge in [-0.3, -0.25) is 0 Å². The highest BCUT2D eigenvalue weighted by atomic mass is 32.2. The summed E-state index contributed by atoms with van der Waals surface area (Å²) in [5, 5.41) is 0. The summed E-state index contributed by atoms with van der Waals surface area (Å²) in [5.74, 6) is 0.403. The standard InChI is InChI=1S/C9H16N2O2S/c1-2-14(12,13)6-5-11-4-3-9(7-10)8-11/h3-4,8H,2,5-7,10H2,1H3. The van der Waals surface area contributed by atoms with Gasteiger partial charge in [0.05, 0.1) is 5.75 Å². The lowest BCUT2D eigenvalue weighted by atomic mass is 10.4. The zero-order valence-corrected chi connectivity index (χ0v) is 9.13. The van der Waals surface area contributed by atoms with Crippen LogP contribution >= 0.6 is 0 Å². The van der Waals surface area contributed by atoms with Gasteiger partial charge >= 0.3 is 0 Å². The molecular weight excluding hydrogens is 200 g/mol. The molecule has 14 heavy (non-hydrogen) atoms. The first-order valence-corrected chi connectivity index (χ1v) is 6.44. The molecule has 0 bridgehead atoms. The Morgan fingerprint density at radius 2 is 2.21 bits per heavy atom. The van der Waals surface area contributed by atoms with Crippen molar-refractivity contribution < 1.29 is 8.42 Å². The van der Waals surface area contributed by atoms with Crippen LogP contribution in [-0.2, 0) is 22.9 Å². The zero-order chi connectivity index (χ0) is 10.6. The fraction of sp³-hybridized carbons (Fsp3) is 0.556. The van der Waals surface area contributed by atoms with Crippen LogP contribution in [0.1, 0.15) is 12.5 Å². The highest BCUT2D eigenvalue weighted by Crippen LogP contribution is 2.01. The second kappa shape index (κ2) is 4.61. The normalized spacial score (nSPS) is 11.9. The Balaban J connectivity index is 2.54. The maximum Gasteiger partial charge on any atom is 0.151 e. The quantitative estimate of drug-likeness (QED) is 0.774. The maximum absolute atomic E-state index is 11.2. The van der Waals surface area contributed by atoms with Crippen LogP contribution in [0.3, 0.4) is 0 Å². The van der Waals surface area contributed by atoms with Gasteiger partial charge < -0.3 is 10.3 Å². The summed E-state index contributed by atoms with van der Waals surface area (Å²) in [4.78, 5) is 0. The smallest absolute Gasteiger partial charge is 0.151 e. The van der Waals surface area contributed by atoms with Crippen molar-refractivity contribution in [2.24, 2.45) is 5.73 Å². The average Bonchev–Trinajstić information content (AvgIpc) is 2.63. The molecule has 1 aromatic rings. The molecule has 0 atom stereocenters. The second-order valence-electron chi connectivity index (χ2n) is 3.20. The molecule has 0 aliphatic carbocycles. The zero-order valence-electron chi connectivity index (χ0n) is 8.31. The van der Waals surface area contributed by atoms with Crippen molar-refractivity contribution in [1.82, 2.24) is 4.57 Å². The second-order valence-corrected chi connectivity index (χ2v) is 5.67. The van der Waals surface area contributed by atoms with Gasteiger partial charge in [0.2, 0.25) is 0 Å². The van der Waals surface area contributed by atoms with Crippen molar-refractivity contribution in [3.05, 3.63) is 24.0 Å². The number of aryl methyl sites for hydroxylation is 1. The Bertz CT molecular complexity index is 381.